The number of halogens is 1. The van der Waals surface area contributed by atoms with E-state index in [-0.39, 0.29) is 41.2 Å². The number of nitrogens with zero attached hydrogens (tertiary/aromatic N) is 3. The molecule has 0 bridgehead atoms. The fraction of sp³-hybridized carbons (Fsp3) is 0.708. The van der Waals surface area contributed by atoms with Crippen molar-refractivity contribution >= 4 is 41.7 Å². The largest absolute Gasteiger partial charge is 0.369 e. The van der Waals surface area contributed by atoms with Crippen LogP contribution in [0.3, 0.4) is 0 Å². The van der Waals surface area contributed by atoms with Crippen LogP contribution in [0.1, 0.15) is 71.8 Å². The van der Waals surface area contributed by atoms with Gasteiger partial charge in [-0.15, -0.1) is 24.0 Å². The average molecular weight is 559 g/mol. The minimum absolute atomic E-state index is 0. The van der Waals surface area contributed by atoms with Gasteiger partial charge in [-0.05, 0) is 37.7 Å². The lowest BCUT2D eigenvalue weighted by Gasteiger charge is -2.32. The van der Waals surface area contributed by atoms with Gasteiger partial charge >= 0.3 is 0 Å². The van der Waals surface area contributed by atoms with Crippen molar-refractivity contribution in [1.82, 2.24) is 15.6 Å². The number of nitrogens with one attached hydrogen (secondary N) is 2. The number of anilines is 1. The SMILES string of the molecule is CCCCCC(C)(C)CNC(=NCc1cccnc1N1CCC(C(N)=O)CC1)NCC.I. The van der Waals surface area contributed by atoms with Crippen molar-refractivity contribution in [3.05, 3.63) is 23.9 Å². The van der Waals surface area contributed by atoms with Crippen molar-refractivity contribution in [2.75, 3.05) is 31.1 Å². The molecule has 1 fully saturated rings. The summed E-state index contributed by atoms with van der Waals surface area (Å²) in [4.78, 5) is 23.2. The topological polar surface area (TPSA) is 95.6 Å². The second kappa shape index (κ2) is 14.5. The Hall–Kier alpha value is -1.58. The molecule has 1 saturated heterocycles. The number of carbonyl (C=O) groups is 1. The minimum Gasteiger partial charge on any atom is -0.369 e. The van der Waals surface area contributed by atoms with Crippen LogP contribution in [0, 0.1) is 11.3 Å². The number of unbranched alkanes of at least 4 members (excludes halogenated alkanes) is 2. The minimum atomic E-state index is -0.190. The number of hydrogen-bond acceptors (Lipinski definition) is 4. The first kappa shape index (κ1) is 28.5. The number of hydrogen-bond donors (Lipinski definition) is 3. The molecule has 1 aliphatic heterocycles. The Labute approximate surface area is 211 Å². The maximum atomic E-state index is 11.5. The summed E-state index contributed by atoms with van der Waals surface area (Å²) in [6, 6.07) is 4.05. The van der Waals surface area contributed by atoms with Gasteiger partial charge in [-0.25, -0.2) is 9.98 Å². The summed E-state index contributed by atoms with van der Waals surface area (Å²) in [5.41, 5.74) is 6.81. The molecule has 4 N–H and O–H groups in total. The first-order valence-corrected chi connectivity index (χ1v) is 11.9. The monoisotopic (exact) mass is 558 g/mol. The Kier molecular flexibility index (Phi) is 12.9. The van der Waals surface area contributed by atoms with Crippen molar-refractivity contribution in [2.24, 2.45) is 22.1 Å². The molecule has 2 heterocycles. The molecule has 0 aliphatic carbocycles. The van der Waals surface area contributed by atoms with Crippen molar-refractivity contribution in [3.8, 4) is 0 Å². The molecule has 2 rings (SSSR count). The van der Waals surface area contributed by atoms with Gasteiger partial charge in [0.15, 0.2) is 5.96 Å². The Bertz CT molecular complexity index is 716. The second-order valence-corrected chi connectivity index (χ2v) is 9.32. The summed E-state index contributed by atoms with van der Waals surface area (Å²) < 4.78 is 0. The number of aromatic nitrogens is 1. The van der Waals surface area contributed by atoms with Crippen LogP contribution >= 0.6 is 24.0 Å². The highest BCUT2D eigenvalue weighted by Crippen LogP contribution is 2.25. The van der Waals surface area contributed by atoms with Gasteiger partial charge in [-0.3, -0.25) is 4.79 Å². The normalized spacial score (nSPS) is 15.2. The molecule has 8 heteroatoms. The molecular weight excluding hydrogens is 515 g/mol. The molecule has 0 saturated carbocycles. The summed E-state index contributed by atoms with van der Waals surface area (Å²) in [6.07, 6.45) is 8.41. The zero-order chi connectivity index (χ0) is 22.7. The van der Waals surface area contributed by atoms with E-state index in [1.54, 1.807) is 0 Å². The Morgan fingerprint density at radius 1 is 1.25 bits per heavy atom. The maximum Gasteiger partial charge on any atom is 0.220 e. The molecule has 1 aromatic rings. The highest BCUT2D eigenvalue weighted by molar-refractivity contribution is 14.0. The van der Waals surface area contributed by atoms with E-state index in [2.05, 4.69) is 54.3 Å². The molecule has 32 heavy (non-hydrogen) atoms. The standard InChI is InChI=1S/C24H42N6O.HI/c1-5-7-8-13-24(3,4)18-29-23(26-6-2)28-17-20-10-9-14-27-22(20)30-15-11-19(12-16-30)21(25)31;/h9-10,14,19H,5-8,11-13,15-18H2,1-4H3,(H2,25,31)(H2,26,28,29);1H. The smallest absolute Gasteiger partial charge is 0.220 e. The number of carbonyl (C=O) groups excluding carboxylic acids is 1. The van der Waals surface area contributed by atoms with E-state index >= 15 is 0 Å². The van der Waals surface area contributed by atoms with E-state index in [1.807, 2.05) is 12.3 Å². The molecule has 0 spiro atoms. The van der Waals surface area contributed by atoms with Gasteiger partial charge in [0.05, 0.1) is 6.54 Å². The number of piperidine rings is 1. The molecule has 0 radical (unpaired) electrons. The van der Waals surface area contributed by atoms with Crippen LogP contribution in [-0.4, -0.2) is 43.0 Å². The van der Waals surface area contributed by atoms with Crippen LogP contribution in [0.4, 0.5) is 5.82 Å². The number of nitrogens with two attached hydrogens (primary N) is 1. The van der Waals surface area contributed by atoms with E-state index in [0.29, 0.717) is 6.54 Å². The van der Waals surface area contributed by atoms with Gasteiger partial charge in [0, 0.05) is 43.9 Å². The molecule has 7 nitrogen and oxygen atoms in total. The summed E-state index contributed by atoms with van der Waals surface area (Å²) in [5, 5.41) is 6.89. The van der Waals surface area contributed by atoms with Crippen LogP contribution in [0.2, 0.25) is 0 Å². The van der Waals surface area contributed by atoms with E-state index in [9.17, 15) is 4.79 Å². The summed E-state index contributed by atoms with van der Waals surface area (Å²) in [7, 11) is 0. The van der Waals surface area contributed by atoms with E-state index < -0.39 is 0 Å². The van der Waals surface area contributed by atoms with Crippen LogP contribution in [0.5, 0.6) is 0 Å². The maximum absolute atomic E-state index is 11.5. The van der Waals surface area contributed by atoms with E-state index in [0.717, 1.165) is 56.4 Å². The second-order valence-electron chi connectivity index (χ2n) is 9.32. The number of amides is 1. The first-order valence-electron chi connectivity index (χ1n) is 11.9. The number of guanidine groups is 1. The summed E-state index contributed by atoms with van der Waals surface area (Å²) >= 11 is 0. The molecule has 1 aliphatic rings. The number of pyridine rings is 1. The summed E-state index contributed by atoms with van der Waals surface area (Å²) in [5.74, 6) is 1.59. The summed E-state index contributed by atoms with van der Waals surface area (Å²) in [6.45, 7) is 12.8. The van der Waals surface area contributed by atoms with Crippen molar-refractivity contribution in [2.45, 2.75) is 72.8 Å². The lowest BCUT2D eigenvalue weighted by molar-refractivity contribution is -0.122. The fourth-order valence-corrected chi connectivity index (χ4v) is 3.99. The van der Waals surface area contributed by atoms with Gasteiger partial charge in [-0.1, -0.05) is 46.1 Å². The van der Waals surface area contributed by atoms with Crippen LogP contribution in [0.25, 0.3) is 0 Å². The molecule has 0 unspecified atom stereocenters. The van der Waals surface area contributed by atoms with Gasteiger partial charge in [0.2, 0.25) is 5.91 Å². The lowest BCUT2D eigenvalue weighted by atomic mass is 9.87. The number of aliphatic imine (C=N–C) groups is 1. The van der Waals surface area contributed by atoms with Gasteiger partial charge in [0.1, 0.15) is 5.82 Å². The molecule has 182 valence electrons. The molecule has 1 amide bonds. The third-order valence-electron chi connectivity index (χ3n) is 6.01. The Morgan fingerprint density at radius 2 is 1.97 bits per heavy atom. The average Bonchev–Trinajstić information content (AvgIpc) is 2.76. The van der Waals surface area contributed by atoms with E-state index in [1.165, 1.54) is 25.7 Å². The highest BCUT2D eigenvalue weighted by Gasteiger charge is 2.25. The fourth-order valence-electron chi connectivity index (χ4n) is 3.99. The van der Waals surface area contributed by atoms with Crippen molar-refractivity contribution in [1.29, 1.82) is 0 Å². The van der Waals surface area contributed by atoms with E-state index in [4.69, 9.17) is 10.7 Å². The Morgan fingerprint density at radius 3 is 2.59 bits per heavy atom. The van der Waals surface area contributed by atoms with Crippen molar-refractivity contribution in [3.63, 3.8) is 0 Å². The van der Waals surface area contributed by atoms with Crippen LogP contribution in [-0.2, 0) is 11.3 Å². The zero-order valence-corrected chi connectivity index (χ0v) is 22.7. The van der Waals surface area contributed by atoms with Crippen LogP contribution < -0.4 is 21.3 Å². The van der Waals surface area contributed by atoms with Crippen molar-refractivity contribution < 1.29 is 4.79 Å². The number of rotatable bonds is 11. The highest BCUT2D eigenvalue weighted by atomic mass is 127. The predicted octanol–water partition coefficient (Wildman–Crippen LogP) is 4.06. The predicted molar refractivity (Wildman–Crippen MR) is 145 cm³/mol. The van der Waals surface area contributed by atoms with Crippen LogP contribution in [0.15, 0.2) is 23.3 Å². The lowest BCUT2D eigenvalue weighted by Crippen LogP contribution is -2.42. The van der Waals surface area contributed by atoms with Gasteiger partial charge in [0.25, 0.3) is 0 Å². The third kappa shape index (κ3) is 9.50. The molecule has 0 atom stereocenters. The first-order chi connectivity index (χ1) is 14.9. The van der Waals surface area contributed by atoms with Gasteiger partial charge < -0.3 is 21.3 Å². The Balaban J connectivity index is 0.00000512. The van der Waals surface area contributed by atoms with Gasteiger partial charge in [-0.2, -0.15) is 0 Å². The molecule has 1 aromatic heterocycles. The molecular formula is C24H43IN6O. The third-order valence-corrected chi connectivity index (χ3v) is 6.01. The zero-order valence-electron chi connectivity index (χ0n) is 20.3. The number of primary amides is 1. The quantitative estimate of drug-likeness (QED) is 0.165. The molecule has 0 aromatic carbocycles.